The minimum Gasteiger partial charge on any atom is -0.461 e. The van der Waals surface area contributed by atoms with E-state index in [-0.39, 0.29) is 30.8 Å². The number of unbranched alkanes of at least 4 members (excludes halogenated alkanes) is 1. The van der Waals surface area contributed by atoms with E-state index in [4.69, 9.17) is 22.4 Å². The lowest BCUT2D eigenvalue weighted by molar-refractivity contribution is -0.151. The molecular formula is C21H36N4O5S. The van der Waals surface area contributed by atoms with Gasteiger partial charge in [-0.1, -0.05) is 26.1 Å². The Hall–Kier alpha value is -2.36. The van der Waals surface area contributed by atoms with Gasteiger partial charge in [0, 0.05) is 25.8 Å². The Labute approximate surface area is 189 Å². The molecule has 9 nitrogen and oxygen atoms in total. The summed E-state index contributed by atoms with van der Waals surface area (Å²) >= 11 is 5.32. The summed E-state index contributed by atoms with van der Waals surface area (Å²) in [6.45, 7) is 9.16. The van der Waals surface area contributed by atoms with Crippen LogP contribution in [0, 0.1) is 11.3 Å². The van der Waals surface area contributed by atoms with Crippen molar-refractivity contribution in [2.75, 3.05) is 6.54 Å². The fourth-order valence-electron chi connectivity index (χ4n) is 2.54. The van der Waals surface area contributed by atoms with Gasteiger partial charge in [0.25, 0.3) is 0 Å². The summed E-state index contributed by atoms with van der Waals surface area (Å²) < 4.78 is 5.21. The zero-order valence-electron chi connectivity index (χ0n) is 19.1. The lowest BCUT2D eigenvalue weighted by Crippen LogP contribution is -2.52. The van der Waals surface area contributed by atoms with Crippen LogP contribution in [0.15, 0.2) is 0 Å². The van der Waals surface area contributed by atoms with E-state index in [1.807, 2.05) is 13.8 Å². The van der Waals surface area contributed by atoms with Crippen molar-refractivity contribution >= 4 is 47.0 Å². The number of esters is 1. The Bertz CT molecular complexity index is 652. The van der Waals surface area contributed by atoms with Gasteiger partial charge in [-0.2, -0.15) is 0 Å². The van der Waals surface area contributed by atoms with Crippen molar-refractivity contribution in [2.45, 2.75) is 84.9 Å². The first-order chi connectivity index (χ1) is 14.5. The second-order valence-corrected chi connectivity index (χ2v) is 8.33. The lowest BCUT2D eigenvalue weighted by atomic mass is 10.0. The molecule has 0 aromatic rings. The Kier molecular flexibility index (Phi) is 14.3. The molecule has 0 rings (SSSR count). The molecule has 0 unspecified atom stereocenters. The topological polar surface area (TPSA) is 137 Å². The van der Waals surface area contributed by atoms with Crippen molar-refractivity contribution in [1.82, 2.24) is 16.0 Å². The molecule has 31 heavy (non-hydrogen) atoms. The molecule has 0 aromatic carbocycles. The van der Waals surface area contributed by atoms with Gasteiger partial charge in [-0.05, 0) is 39.5 Å². The summed E-state index contributed by atoms with van der Waals surface area (Å²) in [5.74, 6) is -1.56. The van der Waals surface area contributed by atoms with E-state index < -0.39 is 29.7 Å². The summed E-state index contributed by atoms with van der Waals surface area (Å²) in [5.41, 5.74) is 0. The lowest BCUT2D eigenvalue weighted by Gasteiger charge is -2.25. The number of Topliss-reactive ketones (excluding diaryl/α,β-unsaturated/α-hetero) is 1. The number of ether oxygens (including phenoxy) is 1. The zero-order chi connectivity index (χ0) is 24.0. The predicted molar refractivity (Wildman–Crippen MR) is 123 cm³/mol. The highest BCUT2D eigenvalue weighted by Gasteiger charge is 2.28. The van der Waals surface area contributed by atoms with E-state index >= 15 is 0 Å². The summed E-state index contributed by atoms with van der Waals surface area (Å²) in [6, 6.07) is -1.67. The van der Waals surface area contributed by atoms with Crippen LogP contribution in [-0.4, -0.2) is 59.5 Å². The molecule has 0 aromatic heterocycles. The van der Waals surface area contributed by atoms with Gasteiger partial charge in [0.05, 0.1) is 17.3 Å². The molecule has 0 radical (unpaired) electrons. The Morgan fingerprint density at radius 3 is 2.16 bits per heavy atom. The van der Waals surface area contributed by atoms with Gasteiger partial charge in [0.2, 0.25) is 11.8 Å². The summed E-state index contributed by atoms with van der Waals surface area (Å²) in [6.07, 6.45) is 2.08. The van der Waals surface area contributed by atoms with Crippen molar-refractivity contribution in [3.05, 3.63) is 0 Å². The van der Waals surface area contributed by atoms with Crippen LogP contribution in [0.1, 0.15) is 66.7 Å². The molecule has 0 bridgehead atoms. The number of rotatable bonds is 15. The van der Waals surface area contributed by atoms with Crippen LogP contribution < -0.4 is 16.0 Å². The molecule has 10 heteroatoms. The normalized spacial score (nSPS) is 12.6. The highest BCUT2D eigenvalue weighted by Crippen LogP contribution is 2.08. The SMILES string of the molecule is CC(=O)NCCCC[C@H](NC(=S)C(C)C)C(=O)N[C@@H](CCC(=O)C=N)C(=O)OC(C)C. The average molecular weight is 457 g/mol. The zero-order valence-corrected chi connectivity index (χ0v) is 19.9. The van der Waals surface area contributed by atoms with E-state index in [9.17, 15) is 19.2 Å². The molecule has 0 heterocycles. The minimum atomic E-state index is -1.00. The molecule has 0 fully saturated rings. The maximum atomic E-state index is 12.9. The van der Waals surface area contributed by atoms with Crippen LogP contribution in [0.3, 0.4) is 0 Å². The molecule has 176 valence electrons. The third kappa shape index (κ3) is 13.5. The second-order valence-electron chi connectivity index (χ2n) is 7.89. The fraction of sp³-hybridized carbons (Fsp3) is 0.714. The monoisotopic (exact) mass is 456 g/mol. The largest absolute Gasteiger partial charge is 0.461 e. The quantitative estimate of drug-likeness (QED) is 0.127. The van der Waals surface area contributed by atoms with Gasteiger partial charge < -0.3 is 26.1 Å². The second kappa shape index (κ2) is 15.4. The summed E-state index contributed by atoms with van der Waals surface area (Å²) in [5, 5.41) is 15.4. The molecule has 0 aliphatic heterocycles. The molecule has 4 N–H and O–H groups in total. The van der Waals surface area contributed by atoms with E-state index in [1.54, 1.807) is 13.8 Å². The first-order valence-electron chi connectivity index (χ1n) is 10.6. The summed E-state index contributed by atoms with van der Waals surface area (Å²) in [4.78, 5) is 48.4. The van der Waals surface area contributed by atoms with Crippen LogP contribution in [-0.2, 0) is 23.9 Å². The van der Waals surface area contributed by atoms with Crippen LogP contribution in [0.4, 0.5) is 0 Å². The standard InChI is InChI=1S/C21H36N4O5S/c1-13(2)20(31)25-17(8-6-7-11-23-15(5)26)19(28)24-18(10-9-16(27)12-22)21(29)30-14(3)4/h12-14,17-18,22H,6-11H2,1-5H3,(H,23,26)(H,24,28)(H,25,31)/t17-,18-/m0/s1. The van der Waals surface area contributed by atoms with Crippen molar-refractivity contribution in [3.8, 4) is 0 Å². The molecule has 2 atom stereocenters. The van der Waals surface area contributed by atoms with Crippen molar-refractivity contribution in [3.63, 3.8) is 0 Å². The van der Waals surface area contributed by atoms with E-state index in [0.29, 0.717) is 37.0 Å². The Morgan fingerprint density at radius 2 is 1.65 bits per heavy atom. The fourth-order valence-corrected chi connectivity index (χ4v) is 2.68. The van der Waals surface area contributed by atoms with Crippen molar-refractivity contribution in [1.29, 1.82) is 5.41 Å². The van der Waals surface area contributed by atoms with Crippen molar-refractivity contribution < 1.29 is 23.9 Å². The first kappa shape index (κ1) is 28.6. The number of hydrogen-bond donors (Lipinski definition) is 4. The molecule has 0 saturated carbocycles. The maximum Gasteiger partial charge on any atom is 0.328 e. The maximum absolute atomic E-state index is 12.9. The van der Waals surface area contributed by atoms with E-state index in [2.05, 4.69) is 16.0 Å². The van der Waals surface area contributed by atoms with Crippen LogP contribution in [0.2, 0.25) is 0 Å². The van der Waals surface area contributed by atoms with Crippen LogP contribution in [0.5, 0.6) is 0 Å². The smallest absolute Gasteiger partial charge is 0.328 e. The van der Waals surface area contributed by atoms with Gasteiger partial charge in [-0.25, -0.2) is 4.79 Å². The third-order valence-electron chi connectivity index (χ3n) is 4.24. The van der Waals surface area contributed by atoms with Gasteiger partial charge in [-0.15, -0.1) is 0 Å². The van der Waals surface area contributed by atoms with Gasteiger partial charge in [0.1, 0.15) is 12.1 Å². The number of amides is 2. The Morgan fingerprint density at radius 1 is 1.00 bits per heavy atom. The number of hydrogen-bond acceptors (Lipinski definition) is 7. The Balaban J connectivity index is 5.20. The summed E-state index contributed by atoms with van der Waals surface area (Å²) in [7, 11) is 0. The molecule has 0 saturated heterocycles. The minimum absolute atomic E-state index is 0.0371. The predicted octanol–water partition coefficient (Wildman–Crippen LogP) is 1.67. The van der Waals surface area contributed by atoms with Crippen molar-refractivity contribution in [2.24, 2.45) is 5.92 Å². The van der Waals surface area contributed by atoms with E-state index in [0.717, 1.165) is 0 Å². The number of nitrogens with one attached hydrogen (secondary N) is 4. The number of carbonyl (C=O) groups excluding carboxylic acids is 4. The van der Waals surface area contributed by atoms with Gasteiger partial charge in [-0.3, -0.25) is 14.4 Å². The average Bonchev–Trinajstić information content (AvgIpc) is 2.68. The number of thiocarbonyl (C=S) groups is 1. The van der Waals surface area contributed by atoms with E-state index in [1.165, 1.54) is 6.92 Å². The molecule has 0 aliphatic carbocycles. The molecule has 2 amide bonds. The van der Waals surface area contributed by atoms with Gasteiger partial charge in [0.15, 0.2) is 5.78 Å². The number of carbonyl (C=O) groups is 4. The van der Waals surface area contributed by atoms with Crippen LogP contribution >= 0.6 is 12.2 Å². The first-order valence-corrected chi connectivity index (χ1v) is 11.0. The molecular weight excluding hydrogens is 420 g/mol. The molecule has 0 spiro atoms. The third-order valence-corrected chi connectivity index (χ3v) is 4.83. The highest BCUT2D eigenvalue weighted by molar-refractivity contribution is 7.80. The number of ketones is 1. The van der Waals surface area contributed by atoms with Crippen LogP contribution in [0.25, 0.3) is 0 Å². The molecule has 0 aliphatic rings. The van der Waals surface area contributed by atoms with Gasteiger partial charge >= 0.3 is 5.97 Å². The highest BCUT2D eigenvalue weighted by atomic mass is 32.1.